The lowest BCUT2D eigenvalue weighted by molar-refractivity contribution is -0.121. The molecule has 5 rings (SSSR count). The molecule has 0 saturated carbocycles. The molecule has 37 heavy (non-hydrogen) atoms. The van der Waals surface area contributed by atoms with E-state index in [0.29, 0.717) is 34.4 Å². The van der Waals surface area contributed by atoms with Gasteiger partial charge in [-0.1, -0.05) is 35.1 Å². The minimum atomic E-state index is -3.91. The van der Waals surface area contributed by atoms with Crippen LogP contribution in [0.5, 0.6) is 5.75 Å². The number of hydrogen-bond donors (Lipinski definition) is 0. The number of ether oxygens (including phenoxy) is 1. The average Bonchev–Trinajstić information content (AvgIpc) is 3.59. The molecule has 4 aromatic rings. The summed E-state index contributed by atoms with van der Waals surface area (Å²) in [6.07, 6.45) is 2.65. The number of aromatic nitrogens is 2. The molecule has 1 amide bonds. The minimum absolute atomic E-state index is 0.117. The summed E-state index contributed by atoms with van der Waals surface area (Å²) in [5.41, 5.74) is 2.33. The lowest BCUT2D eigenvalue weighted by atomic mass is 10.2. The number of amides is 1. The van der Waals surface area contributed by atoms with Gasteiger partial charge in [-0.2, -0.15) is 4.31 Å². The Morgan fingerprint density at radius 1 is 1.19 bits per heavy atom. The summed E-state index contributed by atoms with van der Waals surface area (Å²) in [4.78, 5) is 24.9. The molecule has 1 unspecified atom stereocenters. The van der Waals surface area contributed by atoms with E-state index in [-0.39, 0.29) is 23.9 Å². The largest absolute Gasteiger partial charge is 0.497 e. The lowest BCUT2D eigenvalue weighted by Crippen LogP contribution is -2.47. The number of carbonyl (C=O) groups excluding carboxylic acids is 1. The predicted molar refractivity (Wildman–Crippen MR) is 145 cm³/mol. The molecule has 0 N–H and O–H groups in total. The topological polar surface area (TPSA) is 92.7 Å². The molecule has 0 aliphatic carbocycles. The number of carbonyl (C=O) groups is 1. The smallest absolute Gasteiger partial charge is 0.247 e. The van der Waals surface area contributed by atoms with E-state index in [1.54, 1.807) is 24.4 Å². The van der Waals surface area contributed by atoms with Crippen LogP contribution in [0, 0.1) is 6.92 Å². The van der Waals surface area contributed by atoms with E-state index in [4.69, 9.17) is 21.3 Å². The van der Waals surface area contributed by atoms with Crippen molar-refractivity contribution < 1.29 is 17.9 Å². The highest BCUT2D eigenvalue weighted by molar-refractivity contribution is 7.89. The molecule has 192 valence electrons. The van der Waals surface area contributed by atoms with Gasteiger partial charge in [0.25, 0.3) is 0 Å². The van der Waals surface area contributed by atoms with Gasteiger partial charge in [0, 0.05) is 12.7 Å². The third-order valence-electron chi connectivity index (χ3n) is 6.38. The van der Waals surface area contributed by atoms with Crippen LogP contribution >= 0.6 is 22.9 Å². The van der Waals surface area contributed by atoms with Crippen LogP contribution in [0.3, 0.4) is 0 Å². The van der Waals surface area contributed by atoms with E-state index in [2.05, 4.69) is 4.98 Å². The summed E-state index contributed by atoms with van der Waals surface area (Å²) in [6, 6.07) is 14.5. The van der Waals surface area contributed by atoms with Gasteiger partial charge in [-0.3, -0.25) is 14.7 Å². The molecule has 1 aliphatic rings. The average molecular weight is 557 g/mol. The van der Waals surface area contributed by atoms with Crippen molar-refractivity contribution >= 4 is 54.2 Å². The third-order valence-corrected chi connectivity index (χ3v) is 9.84. The Bertz CT molecular complexity index is 1500. The van der Waals surface area contributed by atoms with E-state index in [1.807, 2.05) is 31.2 Å². The second-order valence-corrected chi connectivity index (χ2v) is 12.0. The molecule has 1 atom stereocenters. The van der Waals surface area contributed by atoms with Gasteiger partial charge >= 0.3 is 0 Å². The molecule has 1 saturated heterocycles. The van der Waals surface area contributed by atoms with Crippen molar-refractivity contribution in [2.45, 2.75) is 37.2 Å². The molecule has 0 radical (unpaired) electrons. The van der Waals surface area contributed by atoms with Crippen LogP contribution < -0.4 is 9.64 Å². The van der Waals surface area contributed by atoms with Gasteiger partial charge < -0.3 is 4.74 Å². The van der Waals surface area contributed by atoms with Gasteiger partial charge in [0.15, 0.2) is 5.13 Å². The maximum absolute atomic E-state index is 14.1. The normalized spacial score (nSPS) is 16.2. The fourth-order valence-electron chi connectivity index (χ4n) is 4.44. The van der Waals surface area contributed by atoms with Crippen LogP contribution in [0.1, 0.15) is 24.1 Å². The lowest BCUT2D eigenvalue weighted by Gasteiger charge is -2.28. The Labute approximate surface area is 224 Å². The Morgan fingerprint density at radius 3 is 2.65 bits per heavy atom. The summed E-state index contributed by atoms with van der Waals surface area (Å²) >= 11 is 7.76. The number of aryl methyl sites for hydroxylation is 1. The van der Waals surface area contributed by atoms with E-state index in [9.17, 15) is 13.2 Å². The second kappa shape index (κ2) is 10.4. The highest BCUT2D eigenvalue weighted by atomic mass is 35.5. The Morgan fingerprint density at radius 2 is 1.97 bits per heavy atom. The molecule has 8 nitrogen and oxygen atoms in total. The number of rotatable bonds is 7. The van der Waals surface area contributed by atoms with Crippen molar-refractivity contribution in [2.24, 2.45) is 0 Å². The van der Waals surface area contributed by atoms with Crippen molar-refractivity contribution in [2.75, 3.05) is 18.6 Å². The van der Waals surface area contributed by atoms with Gasteiger partial charge in [0.05, 0.1) is 39.5 Å². The summed E-state index contributed by atoms with van der Waals surface area (Å²) in [6.45, 7) is 2.35. The fourth-order valence-corrected chi connectivity index (χ4v) is 7.41. The quantitative estimate of drug-likeness (QED) is 0.316. The third kappa shape index (κ3) is 4.94. The standard InChI is InChI=1S/C26H25ClN4O4S2/c1-17-8-13-21(27)24-23(17)29-26(36-24)30(16-18-6-3-4-14-28-18)25(32)22-7-5-15-31(22)37(33,34)20-11-9-19(35-2)10-12-20/h3-4,6,8-14,22H,5,7,15-16H2,1-2H3. The van der Waals surface area contributed by atoms with E-state index in [0.717, 1.165) is 15.8 Å². The van der Waals surface area contributed by atoms with Crippen LogP contribution in [-0.4, -0.2) is 48.3 Å². The molecule has 2 aromatic heterocycles. The summed E-state index contributed by atoms with van der Waals surface area (Å²) < 4.78 is 34.4. The maximum atomic E-state index is 14.1. The van der Waals surface area contributed by atoms with Crippen molar-refractivity contribution in [3.8, 4) is 5.75 Å². The summed E-state index contributed by atoms with van der Waals surface area (Å²) in [7, 11) is -2.39. The Kier molecular flexibility index (Phi) is 7.17. The highest BCUT2D eigenvalue weighted by Gasteiger charge is 2.42. The Hall–Kier alpha value is -3.05. The molecule has 1 fully saturated rings. The monoisotopic (exact) mass is 556 g/mol. The molecule has 11 heteroatoms. The summed E-state index contributed by atoms with van der Waals surface area (Å²) in [5, 5.41) is 1.01. The zero-order chi connectivity index (χ0) is 26.2. The fraction of sp³-hybridized carbons (Fsp3) is 0.269. The number of anilines is 1. The number of sulfonamides is 1. The first-order chi connectivity index (χ1) is 17.8. The SMILES string of the molecule is COc1ccc(S(=O)(=O)N2CCCC2C(=O)N(Cc2ccccn2)c2nc3c(C)ccc(Cl)c3s2)cc1. The van der Waals surface area contributed by atoms with Crippen molar-refractivity contribution in [1.29, 1.82) is 0 Å². The first-order valence-electron chi connectivity index (χ1n) is 11.7. The number of halogens is 1. The molecule has 0 bridgehead atoms. The van der Waals surface area contributed by atoms with Crippen LogP contribution in [0.2, 0.25) is 5.02 Å². The van der Waals surface area contributed by atoms with Gasteiger partial charge in [-0.05, 0) is 67.8 Å². The van der Waals surface area contributed by atoms with E-state index >= 15 is 0 Å². The molecule has 2 aromatic carbocycles. The van der Waals surface area contributed by atoms with Crippen LogP contribution in [0.25, 0.3) is 10.2 Å². The number of methoxy groups -OCH3 is 1. The molecular weight excluding hydrogens is 532 g/mol. The number of nitrogens with zero attached hydrogens (tertiary/aromatic N) is 4. The maximum Gasteiger partial charge on any atom is 0.247 e. The zero-order valence-corrected chi connectivity index (χ0v) is 22.7. The highest BCUT2D eigenvalue weighted by Crippen LogP contribution is 2.37. The molecule has 3 heterocycles. The van der Waals surface area contributed by atoms with Crippen molar-refractivity contribution in [1.82, 2.24) is 14.3 Å². The molecule has 0 spiro atoms. The minimum Gasteiger partial charge on any atom is -0.497 e. The molecular formula is C26H25ClN4O4S2. The zero-order valence-electron chi connectivity index (χ0n) is 20.3. The molecule has 1 aliphatic heterocycles. The van der Waals surface area contributed by atoms with Crippen LogP contribution in [0.15, 0.2) is 65.7 Å². The Balaban J connectivity index is 1.53. The number of hydrogen-bond acceptors (Lipinski definition) is 7. The van der Waals surface area contributed by atoms with Gasteiger partial charge in [0.1, 0.15) is 11.8 Å². The van der Waals surface area contributed by atoms with Gasteiger partial charge in [-0.15, -0.1) is 0 Å². The van der Waals surface area contributed by atoms with Gasteiger partial charge in [-0.25, -0.2) is 13.4 Å². The van der Waals surface area contributed by atoms with Crippen LogP contribution in [0.4, 0.5) is 5.13 Å². The summed E-state index contributed by atoms with van der Waals surface area (Å²) in [5.74, 6) is 0.215. The number of thiazole rings is 1. The van der Waals surface area contributed by atoms with Crippen LogP contribution in [-0.2, 0) is 21.4 Å². The first-order valence-corrected chi connectivity index (χ1v) is 14.4. The number of benzene rings is 2. The number of pyridine rings is 1. The number of fused-ring (bicyclic) bond motifs is 1. The first kappa shape index (κ1) is 25.6. The van der Waals surface area contributed by atoms with E-state index < -0.39 is 16.1 Å². The van der Waals surface area contributed by atoms with Crippen molar-refractivity contribution in [3.05, 3.63) is 77.1 Å². The van der Waals surface area contributed by atoms with Gasteiger partial charge in [0.2, 0.25) is 15.9 Å². The second-order valence-electron chi connectivity index (χ2n) is 8.73. The van der Waals surface area contributed by atoms with Crippen molar-refractivity contribution in [3.63, 3.8) is 0 Å². The van der Waals surface area contributed by atoms with E-state index in [1.165, 1.54) is 39.8 Å². The predicted octanol–water partition coefficient (Wildman–Crippen LogP) is 5.05.